The van der Waals surface area contributed by atoms with Gasteiger partial charge in [-0.15, -0.1) is 0 Å². The molecule has 0 radical (unpaired) electrons. The molecule has 0 fully saturated rings. The lowest BCUT2D eigenvalue weighted by Gasteiger charge is -2.12. The van der Waals surface area contributed by atoms with E-state index in [1.54, 1.807) is 31.4 Å². The van der Waals surface area contributed by atoms with E-state index in [0.717, 1.165) is 16.8 Å². The van der Waals surface area contributed by atoms with Crippen LogP contribution >= 0.6 is 11.6 Å². The molecule has 7 heteroatoms. The summed E-state index contributed by atoms with van der Waals surface area (Å²) in [5.41, 5.74) is 3.45. The van der Waals surface area contributed by atoms with Crippen molar-refractivity contribution in [3.63, 3.8) is 0 Å². The van der Waals surface area contributed by atoms with Gasteiger partial charge in [-0.1, -0.05) is 23.7 Å². The lowest BCUT2D eigenvalue weighted by molar-refractivity contribution is 0.102. The first-order valence-corrected chi connectivity index (χ1v) is 8.67. The fourth-order valence-electron chi connectivity index (χ4n) is 2.51. The molecule has 0 saturated carbocycles. The molecule has 0 bridgehead atoms. The predicted octanol–water partition coefficient (Wildman–Crippen LogP) is 4.75. The maximum Gasteiger partial charge on any atom is 0.274 e. The quantitative estimate of drug-likeness (QED) is 0.665. The highest BCUT2D eigenvalue weighted by Crippen LogP contribution is 2.27. The molecular weight excluding hydrogens is 364 g/mol. The number of carbonyl (C=O) groups is 1. The van der Waals surface area contributed by atoms with Crippen molar-refractivity contribution in [2.45, 2.75) is 13.8 Å². The second-order valence-corrected chi connectivity index (χ2v) is 6.37. The molecule has 3 aromatic rings. The molecule has 0 saturated heterocycles. The minimum Gasteiger partial charge on any atom is -0.495 e. The monoisotopic (exact) mass is 382 g/mol. The molecule has 0 unspecified atom stereocenters. The Hall–Kier alpha value is -3.12. The molecule has 0 aliphatic rings. The SMILES string of the molecule is COc1ccc(C)cc1Nc1nccc(C(=O)Nc2cccc(Cl)c2C)n1. The number of halogens is 1. The van der Waals surface area contributed by atoms with Crippen molar-refractivity contribution in [1.82, 2.24) is 9.97 Å². The van der Waals surface area contributed by atoms with Crippen LogP contribution in [0.15, 0.2) is 48.7 Å². The van der Waals surface area contributed by atoms with Gasteiger partial charge in [0.1, 0.15) is 11.4 Å². The molecule has 2 aromatic carbocycles. The average molecular weight is 383 g/mol. The fourth-order valence-corrected chi connectivity index (χ4v) is 2.69. The number of nitrogens with one attached hydrogen (secondary N) is 2. The van der Waals surface area contributed by atoms with Gasteiger partial charge in [0.05, 0.1) is 12.8 Å². The number of ether oxygens (including phenoxy) is 1. The van der Waals surface area contributed by atoms with Crippen LogP contribution in [0, 0.1) is 13.8 Å². The molecule has 0 aliphatic carbocycles. The smallest absolute Gasteiger partial charge is 0.274 e. The van der Waals surface area contributed by atoms with Crippen molar-refractivity contribution >= 4 is 34.8 Å². The van der Waals surface area contributed by atoms with Crippen LogP contribution in [-0.2, 0) is 0 Å². The third-order valence-corrected chi connectivity index (χ3v) is 4.42. The second-order valence-electron chi connectivity index (χ2n) is 5.96. The molecule has 1 amide bonds. The Morgan fingerprint density at radius 1 is 1.11 bits per heavy atom. The zero-order chi connectivity index (χ0) is 19.4. The number of benzene rings is 2. The van der Waals surface area contributed by atoms with E-state index < -0.39 is 0 Å². The van der Waals surface area contributed by atoms with Gasteiger partial charge in [0.15, 0.2) is 0 Å². The molecule has 1 aromatic heterocycles. The van der Waals surface area contributed by atoms with Crippen LogP contribution in [0.4, 0.5) is 17.3 Å². The molecule has 27 heavy (non-hydrogen) atoms. The van der Waals surface area contributed by atoms with Gasteiger partial charge in [0.2, 0.25) is 5.95 Å². The molecule has 138 valence electrons. The molecule has 6 nitrogen and oxygen atoms in total. The topological polar surface area (TPSA) is 76.1 Å². The van der Waals surface area contributed by atoms with Crippen LogP contribution in [-0.4, -0.2) is 23.0 Å². The zero-order valence-electron chi connectivity index (χ0n) is 15.2. The van der Waals surface area contributed by atoms with Crippen molar-refractivity contribution in [3.05, 3.63) is 70.5 Å². The lowest BCUT2D eigenvalue weighted by Crippen LogP contribution is -2.15. The summed E-state index contributed by atoms with van der Waals surface area (Å²) in [4.78, 5) is 21.0. The summed E-state index contributed by atoms with van der Waals surface area (Å²) in [6.07, 6.45) is 1.53. The molecule has 2 N–H and O–H groups in total. The number of amides is 1. The fraction of sp³-hybridized carbons (Fsp3) is 0.150. The number of aryl methyl sites for hydroxylation is 1. The molecule has 0 aliphatic heterocycles. The van der Waals surface area contributed by atoms with Gasteiger partial charge >= 0.3 is 0 Å². The molecule has 0 spiro atoms. The van der Waals surface area contributed by atoms with Crippen molar-refractivity contribution in [2.75, 3.05) is 17.7 Å². The van der Waals surface area contributed by atoms with Crippen molar-refractivity contribution in [2.24, 2.45) is 0 Å². The maximum absolute atomic E-state index is 12.6. The summed E-state index contributed by atoms with van der Waals surface area (Å²) in [6.45, 7) is 3.82. The van der Waals surface area contributed by atoms with E-state index in [1.165, 1.54) is 6.20 Å². The molecular formula is C20H19ClN4O2. The summed E-state index contributed by atoms with van der Waals surface area (Å²) >= 11 is 6.10. The summed E-state index contributed by atoms with van der Waals surface area (Å²) in [7, 11) is 1.59. The predicted molar refractivity (Wildman–Crippen MR) is 107 cm³/mol. The Bertz CT molecular complexity index is 991. The highest BCUT2D eigenvalue weighted by Gasteiger charge is 2.12. The summed E-state index contributed by atoms with van der Waals surface area (Å²) in [5.74, 6) is 0.616. The van der Waals surface area contributed by atoms with E-state index in [0.29, 0.717) is 22.4 Å². The van der Waals surface area contributed by atoms with Gasteiger partial charge in [0.25, 0.3) is 5.91 Å². The number of methoxy groups -OCH3 is 1. The second kappa shape index (κ2) is 8.05. The summed E-state index contributed by atoms with van der Waals surface area (Å²) in [5, 5.41) is 6.51. The van der Waals surface area contributed by atoms with Crippen LogP contribution in [0.5, 0.6) is 5.75 Å². The van der Waals surface area contributed by atoms with E-state index in [2.05, 4.69) is 20.6 Å². The van der Waals surface area contributed by atoms with Gasteiger partial charge in [-0.2, -0.15) is 0 Å². The Morgan fingerprint density at radius 3 is 2.70 bits per heavy atom. The lowest BCUT2D eigenvalue weighted by atomic mass is 10.2. The number of carbonyl (C=O) groups excluding carboxylic acids is 1. The van der Waals surface area contributed by atoms with Gasteiger partial charge in [0, 0.05) is 16.9 Å². The Kier molecular flexibility index (Phi) is 5.57. The summed E-state index contributed by atoms with van der Waals surface area (Å²) in [6, 6.07) is 12.6. The van der Waals surface area contributed by atoms with Crippen molar-refractivity contribution in [1.29, 1.82) is 0 Å². The maximum atomic E-state index is 12.6. The highest BCUT2D eigenvalue weighted by molar-refractivity contribution is 6.31. The zero-order valence-corrected chi connectivity index (χ0v) is 16.0. The van der Waals surface area contributed by atoms with Gasteiger partial charge < -0.3 is 15.4 Å². The molecule has 0 atom stereocenters. The molecule has 1 heterocycles. The normalized spacial score (nSPS) is 10.4. The number of anilines is 3. The van der Waals surface area contributed by atoms with Crippen molar-refractivity contribution < 1.29 is 9.53 Å². The summed E-state index contributed by atoms with van der Waals surface area (Å²) < 4.78 is 5.34. The number of rotatable bonds is 5. The van der Waals surface area contributed by atoms with Crippen LogP contribution in [0.2, 0.25) is 5.02 Å². The van der Waals surface area contributed by atoms with Crippen LogP contribution < -0.4 is 15.4 Å². The van der Waals surface area contributed by atoms with E-state index in [-0.39, 0.29) is 11.6 Å². The third kappa shape index (κ3) is 4.35. The van der Waals surface area contributed by atoms with Crippen LogP contribution in [0.3, 0.4) is 0 Å². The van der Waals surface area contributed by atoms with Gasteiger partial charge in [-0.25, -0.2) is 9.97 Å². The van der Waals surface area contributed by atoms with E-state index >= 15 is 0 Å². The van der Waals surface area contributed by atoms with E-state index in [9.17, 15) is 4.79 Å². The minimum absolute atomic E-state index is 0.235. The van der Waals surface area contributed by atoms with E-state index in [4.69, 9.17) is 16.3 Å². The van der Waals surface area contributed by atoms with Gasteiger partial charge in [-0.05, 0) is 55.3 Å². The largest absolute Gasteiger partial charge is 0.495 e. The minimum atomic E-state index is -0.345. The Labute approximate surface area is 162 Å². The Balaban J connectivity index is 1.82. The molecule has 3 rings (SSSR count). The number of nitrogens with zero attached hydrogens (tertiary/aromatic N) is 2. The first-order valence-electron chi connectivity index (χ1n) is 8.29. The standard InChI is InChI=1S/C20H19ClN4O2/c1-12-7-8-18(27-3)17(11-12)25-20-22-10-9-16(24-20)19(26)23-15-6-4-5-14(21)13(15)2/h4-11H,1-3H3,(H,23,26)(H,22,24,25). The first kappa shape index (κ1) is 18.7. The Morgan fingerprint density at radius 2 is 1.93 bits per heavy atom. The number of hydrogen-bond acceptors (Lipinski definition) is 5. The van der Waals surface area contributed by atoms with Crippen LogP contribution in [0.25, 0.3) is 0 Å². The highest BCUT2D eigenvalue weighted by atomic mass is 35.5. The van der Waals surface area contributed by atoms with Crippen molar-refractivity contribution in [3.8, 4) is 5.75 Å². The number of hydrogen-bond donors (Lipinski definition) is 2. The average Bonchev–Trinajstić information content (AvgIpc) is 2.66. The third-order valence-electron chi connectivity index (χ3n) is 4.01. The van der Waals surface area contributed by atoms with Crippen LogP contribution in [0.1, 0.15) is 21.6 Å². The van der Waals surface area contributed by atoms with E-state index in [1.807, 2.05) is 32.0 Å². The van der Waals surface area contributed by atoms with Gasteiger partial charge in [-0.3, -0.25) is 4.79 Å². The number of aromatic nitrogens is 2. The first-order chi connectivity index (χ1) is 13.0.